The van der Waals surface area contributed by atoms with Gasteiger partial charge in [0.05, 0.1) is 18.8 Å². The summed E-state index contributed by atoms with van der Waals surface area (Å²) in [4.78, 5) is 27.7. The molecule has 0 fully saturated rings. The van der Waals surface area contributed by atoms with Gasteiger partial charge in [0, 0.05) is 35.7 Å². The predicted molar refractivity (Wildman–Crippen MR) is 143 cm³/mol. The number of amides is 2. The van der Waals surface area contributed by atoms with E-state index in [0.29, 0.717) is 17.2 Å². The molecule has 39 heavy (non-hydrogen) atoms. The molecule has 0 spiro atoms. The van der Waals surface area contributed by atoms with Gasteiger partial charge in [-0.25, -0.2) is 4.79 Å². The van der Waals surface area contributed by atoms with E-state index in [0.717, 1.165) is 10.5 Å². The Morgan fingerprint density at radius 1 is 1.13 bits per heavy atom. The summed E-state index contributed by atoms with van der Waals surface area (Å²) >= 11 is 1.40. The van der Waals surface area contributed by atoms with Gasteiger partial charge in [-0.1, -0.05) is 12.1 Å². The number of alkyl carbamates (subject to hydrolysis) is 1. The average molecular weight is 570 g/mol. The summed E-state index contributed by atoms with van der Waals surface area (Å²) in [5.41, 5.74) is 0.915. The number of methoxy groups -OCH3 is 1. The monoisotopic (exact) mass is 569 g/mol. The molecule has 1 unspecified atom stereocenters. The van der Waals surface area contributed by atoms with Gasteiger partial charge in [-0.3, -0.25) is 4.79 Å². The number of aliphatic hydroxyl groups is 1. The number of anilines is 1. The molecule has 0 bridgehead atoms. The van der Waals surface area contributed by atoms with Crippen LogP contribution in [0.3, 0.4) is 0 Å². The van der Waals surface area contributed by atoms with Gasteiger partial charge in [0.15, 0.2) is 0 Å². The third-order valence-electron chi connectivity index (χ3n) is 5.76. The molecule has 1 aliphatic rings. The molecule has 0 saturated heterocycles. The Bertz CT molecular complexity index is 1140. The fourth-order valence-electron chi connectivity index (χ4n) is 3.90. The number of hydrogen-bond acceptors (Lipinski definition) is 7. The normalized spacial score (nSPS) is 17.6. The van der Waals surface area contributed by atoms with E-state index >= 15 is 0 Å². The molecule has 2 atom stereocenters. The molecule has 0 aliphatic carbocycles. The van der Waals surface area contributed by atoms with E-state index in [1.54, 1.807) is 63.1 Å². The third kappa shape index (κ3) is 9.24. The molecule has 12 heteroatoms. The van der Waals surface area contributed by atoms with Crippen molar-refractivity contribution in [3.8, 4) is 5.75 Å². The molecule has 214 valence electrons. The summed E-state index contributed by atoms with van der Waals surface area (Å²) in [6, 6.07) is 11.5. The number of carbonyl (C=O) groups is 2. The lowest BCUT2D eigenvalue weighted by atomic mass is 10.1. The second kappa shape index (κ2) is 12.8. The van der Waals surface area contributed by atoms with Gasteiger partial charge in [0.2, 0.25) is 0 Å². The van der Waals surface area contributed by atoms with Crippen molar-refractivity contribution in [2.45, 2.75) is 69.1 Å². The Morgan fingerprint density at radius 2 is 1.82 bits per heavy atom. The Hall–Kier alpha value is -3.12. The van der Waals surface area contributed by atoms with Crippen LogP contribution in [0.15, 0.2) is 47.4 Å². The van der Waals surface area contributed by atoms with Crippen molar-refractivity contribution in [3.05, 3.63) is 53.6 Å². The van der Waals surface area contributed by atoms with E-state index in [4.69, 9.17) is 9.47 Å². The fourth-order valence-corrected chi connectivity index (χ4v) is 5.01. The first kappa shape index (κ1) is 30.4. The molecule has 2 amide bonds. The van der Waals surface area contributed by atoms with Gasteiger partial charge in [0.25, 0.3) is 5.91 Å². The second-order valence-corrected chi connectivity index (χ2v) is 11.2. The molecule has 1 heterocycles. The Labute approximate surface area is 230 Å². The maximum Gasteiger partial charge on any atom is 0.408 e. The highest BCUT2D eigenvalue weighted by Gasteiger charge is 2.34. The third-order valence-corrected chi connectivity index (χ3v) is 6.95. The van der Waals surface area contributed by atoms with Gasteiger partial charge in [-0.05, 0) is 63.1 Å². The van der Waals surface area contributed by atoms with Gasteiger partial charge >= 0.3 is 12.3 Å². The summed E-state index contributed by atoms with van der Waals surface area (Å²) in [5, 5.41) is 16.7. The minimum atomic E-state index is -4.28. The van der Waals surface area contributed by atoms with Crippen LogP contribution in [0.2, 0.25) is 0 Å². The number of nitrogens with zero attached hydrogens (tertiary/aromatic N) is 1. The molecule has 2 aromatic rings. The summed E-state index contributed by atoms with van der Waals surface area (Å²) in [7, 11) is 1.56. The van der Waals surface area contributed by atoms with Gasteiger partial charge in [-0.2, -0.15) is 13.2 Å². The highest BCUT2D eigenvalue weighted by molar-refractivity contribution is 7.99. The summed E-state index contributed by atoms with van der Waals surface area (Å²) in [6.45, 7) is 5.34. The zero-order valence-corrected chi connectivity index (χ0v) is 23.1. The number of halogens is 3. The number of thioether (sulfide) groups is 1. The van der Waals surface area contributed by atoms with E-state index in [1.807, 2.05) is 12.1 Å². The van der Waals surface area contributed by atoms with Crippen molar-refractivity contribution in [3.63, 3.8) is 0 Å². The molecule has 0 radical (unpaired) electrons. The number of benzene rings is 2. The number of ether oxygens (including phenoxy) is 2. The standard InChI is InChI=1S/C27H34F3N3O5S/c1-26(2,3)38-25(36)32-20-16-39-22-11-8-18(23(34)31-13-5-12-27(28,29)30)14-21(22)33(24(20)35)15-17-6-9-19(37-4)10-7-17/h6-11,14,20,24,35H,5,12-13,15-16H2,1-4H3,(H,31,34)(H,32,36)/t20-,24?/m0/s1. The molecule has 3 rings (SSSR count). The van der Waals surface area contributed by atoms with Gasteiger partial charge in [-0.15, -0.1) is 11.8 Å². The molecule has 2 aromatic carbocycles. The van der Waals surface area contributed by atoms with Gasteiger partial charge < -0.3 is 30.1 Å². The average Bonchev–Trinajstić information content (AvgIpc) is 2.97. The van der Waals surface area contributed by atoms with E-state index in [2.05, 4.69) is 10.6 Å². The maximum absolute atomic E-state index is 12.7. The van der Waals surface area contributed by atoms with Crippen molar-refractivity contribution in [2.75, 3.05) is 24.3 Å². The van der Waals surface area contributed by atoms with Crippen molar-refractivity contribution in [2.24, 2.45) is 0 Å². The first-order chi connectivity index (χ1) is 18.3. The summed E-state index contributed by atoms with van der Waals surface area (Å²) in [5.74, 6) is 0.479. The quantitative estimate of drug-likeness (QED) is 0.381. The van der Waals surface area contributed by atoms with Crippen molar-refractivity contribution in [1.29, 1.82) is 0 Å². The predicted octanol–water partition coefficient (Wildman–Crippen LogP) is 5.09. The van der Waals surface area contributed by atoms with Crippen molar-refractivity contribution < 1.29 is 37.3 Å². The lowest BCUT2D eigenvalue weighted by Crippen LogP contribution is -2.53. The minimum Gasteiger partial charge on any atom is -0.497 e. The summed E-state index contributed by atoms with van der Waals surface area (Å²) in [6.07, 6.45) is -7.34. The zero-order valence-electron chi connectivity index (χ0n) is 22.3. The Balaban J connectivity index is 1.86. The van der Waals surface area contributed by atoms with Crippen LogP contribution in [0.5, 0.6) is 5.75 Å². The van der Waals surface area contributed by atoms with Crippen LogP contribution < -0.4 is 20.3 Å². The van der Waals surface area contributed by atoms with E-state index in [1.165, 1.54) is 11.8 Å². The van der Waals surface area contributed by atoms with Crippen molar-refractivity contribution in [1.82, 2.24) is 10.6 Å². The second-order valence-electron chi connectivity index (χ2n) is 10.1. The molecule has 1 aliphatic heterocycles. The molecular formula is C27H34F3N3O5S. The van der Waals surface area contributed by atoms with Crippen LogP contribution in [0.25, 0.3) is 0 Å². The molecule has 3 N–H and O–H groups in total. The van der Waals surface area contributed by atoms with Gasteiger partial charge in [0.1, 0.15) is 17.6 Å². The number of nitrogens with one attached hydrogen (secondary N) is 2. The van der Waals surface area contributed by atoms with E-state index < -0.39 is 42.5 Å². The number of carbonyl (C=O) groups excluding carboxylic acids is 2. The first-order valence-corrected chi connectivity index (χ1v) is 13.4. The highest BCUT2D eigenvalue weighted by Crippen LogP contribution is 2.38. The van der Waals surface area contributed by atoms with Crippen LogP contribution in [0.1, 0.15) is 49.5 Å². The number of alkyl halides is 3. The summed E-state index contributed by atoms with van der Waals surface area (Å²) < 4.78 is 47.9. The van der Waals surface area contributed by atoms with Crippen LogP contribution in [0, 0.1) is 0 Å². The number of hydrogen-bond donors (Lipinski definition) is 3. The lowest BCUT2D eigenvalue weighted by Gasteiger charge is -2.34. The molecule has 0 aromatic heterocycles. The van der Waals surface area contributed by atoms with Crippen LogP contribution in [-0.4, -0.2) is 60.6 Å². The number of fused-ring (bicyclic) bond motifs is 1. The zero-order chi connectivity index (χ0) is 28.8. The van der Waals surface area contributed by atoms with Crippen molar-refractivity contribution >= 4 is 29.4 Å². The van der Waals surface area contributed by atoms with Crippen LogP contribution in [-0.2, 0) is 11.3 Å². The van der Waals surface area contributed by atoms with E-state index in [9.17, 15) is 27.9 Å². The van der Waals surface area contributed by atoms with E-state index in [-0.39, 0.29) is 25.1 Å². The molecular weight excluding hydrogens is 535 g/mol. The minimum absolute atomic E-state index is 0.121. The number of rotatable bonds is 8. The topological polar surface area (TPSA) is 100 Å². The Kier molecular flexibility index (Phi) is 10.0. The number of aliphatic hydroxyl groups excluding tert-OH is 1. The Morgan fingerprint density at radius 3 is 2.44 bits per heavy atom. The smallest absolute Gasteiger partial charge is 0.408 e. The maximum atomic E-state index is 12.7. The lowest BCUT2D eigenvalue weighted by molar-refractivity contribution is -0.135. The van der Waals surface area contributed by atoms with Crippen LogP contribution in [0.4, 0.5) is 23.7 Å². The van der Waals surface area contributed by atoms with Crippen LogP contribution >= 0.6 is 11.8 Å². The largest absolute Gasteiger partial charge is 0.497 e. The highest BCUT2D eigenvalue weighted by atomic mass is 32.2. The molecule has 0 saturated carbocycles. The first-order valence-electron chi connectivity index (χ1n) is 12.4. The molecule has 8 nitrogen and oxygen atoms in total. The SMILES string of the molecule is COc1ccc(CN2c3cc(C(=O)NCCCC(F)(F)F)ccc3SC[C@H](NC(=O)OC(C)(C)C)C2O)cc1. The fraction of sp³-hybridized carbons (Fsp3) is 0.481.